The number of nitrogens with one attached hydrogen (secondary N) is 1. The maximum atomic E-state index is 12.3. The number of sulfonamides is 1. The lowest BCUT2D eigenvalue weighted by atomic mass is 10.3. The van der Waals surface area contributed by atoms with Gasteiger partial charge in [-0.25, -0.2) is 13.4 Å². The van der Waals surface area contributed by atoms with E-state index in [0.717, 1.165) is 0 Å². The Morgan fingerprint density at radius 3 is 2.65 bits per heavy atom. The van der Waals surface area contributed by atoms with Crippen molar-refractivity contribution in [2.24, 2.45) is 5.73 Å². The van der Waals surface area contributed by atoms with Crippen molar-refractivity contribution in [3.63, 3.8) is 0 Å². The number of anilines is 1. The first-order valence-electron chi connectivity index (χ1n) is 5.29. The van der Waals surface area contributed by atoms with E-state index in [0.29, 0.717) is 5.02 Å². The third-order valence-electron chi connectivity index (χ3n) is 2.26. The van der Waals surface area contributed by atoms with E-state index < -0.39 is 10.0 Å². The van der Waals surface area contributed by atoms with Crippen molar-refractivity contribution in [1.82, 2.24) is 9.97 Å². The van der Waals surface area contributed by atoms with Crippen molar-refractivity contribution in [3.05, 3.63) is 47.4 Å². The molecule has 0 aliphatic rings. The maximum absolute atomic E-state index is 12.3. The standard InChI is InChI=1S/C11H9ClN4O2S2/c12-7-3-4-9(15-6-7)16-20(17,18)8-2-1-5-14-10(8)11(13)19/h1-6H,(H2,13,19)(H,15,16). The summed E-state index contributed by atoms with van der Waals surface area (Å²) in [4.78, 5) is 7.52. The first-order chi connectivity index (χ1) is 9.40. The highest BCUT2D eigenvalue weighted by Gasteiger charge is 2.21. The van der Waals surface area contributed by atoms with E-state index in [1.165, 1.54) is 36.7 Å². The molecule has 0 radical (unpaired) electrons. The number of thiocarbonyl (C=S) groups is 1. The third kappa shape index (κ3) is 3.21. The molecular weight excluding hydrogens is 320 g/mol. The maximum Gasteiger partial charge on any atom is 0.265 e. The third-order valence-corrected chi connectivity index (χ3v) is 4.06. The highest BCUT2D eigenvalue weighted by atomic mass is 35.5. The van der Waals surface area contributed by atoms with Gasteiger partial charge in [-0.3, -0.25) is 9.71 Å². The Balaban J connectivity index is 2.41. The lowest BCUT2D eigenvalue weighted by Gasteiger charge is -2.10. The lowest BCUT2D eigenvalue weighted by molar-refractivity contribution is 0.600. The van der Waals surface area contributed by atoms with Gasteiger partial charge in [0, 0.05) is 12.4 Å². The van der Waals surface area contributed by atoms with Crippen LogP contribution in [0.5, 0.6) is 0 Å². The SMILES string of the molecule is NC(=S)c1ncccc1S(=O)(=O)Nc1ccc(Cl)cn1. The van der Waals surface area contributed by atoms with Crippen LogP contribution < -0.4 is 10.5 Å². The van der Waals surface area contributed by atoms with E-state index in [9.17, 15) is 8.42 Å². The number of halogens is 1. The number of hydrogen-bond donors (Lipinski definition) is 2. The minimum atomic E-state index is -3.89. The van der Waals surface area contributed by atoms with E-state index in [-0.39, 0.29) is 21.4 Å². The Morgan fingerprint density at radius 1 is 1.30 bits per heavy atom. The van der Waals surface area contributed by atoms with Gasteiger partial charge >= 0.3 is 0 Å². The molecule has 0 atom stereocenters. The summed E-state index contributed by atoms with van der Waals surface area (Å²) >= 11 is 10.5. The summed E-state index contributed by atoms with van der Waals surface area (Å²) in [5.74, 6) is 0.132. The summed E-state index contributed by atoms with van der Waals surface area (Å²) in [5, 5.41) is 0.401. The van der Waals surface area contributed by atoms with Gasteiger partial charge in [-0.15, -0.1) is 0 Å². The molecular formula is C11H9ClN4O2S2. The highest BCUT2D eigenvalue weighted by Crippen LogP contribution is 2.18. The first kappa shape index (κ1) is 14.6. The molecule has 9 heteroatoms. The fourth-order valence-corrected chi connectivity index (χ4v) is 2.94. The van der Waals surface area contributed by atoms with Gasteiger partial charge in [0.05, 0.1) is 5.02 Å². The minimum absolute atomic E-state index is 0.0314. The van der Waals surface area contributed by atoms with Gasteiger partial charge in [0.1, 0.15) is 21.4 Å². The molecule has 0 aliphatic heterocycles. The van der Waals surface area contributed by atoms with Crippen LogP contribution in [0.2, 0.25) is 5.02 Å². The molecule has 104 valence electrons. The number of rotatable bonds is 4. The summed E-state index contributed by atoms with van der Waals surface area (Å²) in [6, 6.07) is 5.80. The zero-order chi connectivity index (χ0) is 14.8. The largest absolute Gasteiger partial charge is 0.388 e. The van der Waals surface area contributed by atoms with Crippen molar-refractivity contribution in [2.45, 2.75) is 4.90 Å². The molecule has 0 fully saturated rings. The molecule has 0 saturated heterocycles. The molecule has 6 nitrogen and oxygen atoms in total. The lowest BCUT2D eigenvalue weighted by Crippen LogP contribution is -2.21. The van der Waals surface area contributed by atoms with Crippen molar-refractivity contribution < 1.29 is 8.42 Å². The molecule has 0 bridgehead atoms. The number of nitrogens with zero attached hydrogens (tertiary/aromatic N) is 2. The van der Waals surface area contributed by atoms with Crippen LogP contribution in [0.15, 0.2) is 41.6 Å². The fourth-order valence-electron chi connectivity index (χ4n) is 1.42. The number of nitrogens with two attached hydrogens (primary N) is 1. The molecule has 2 aromatic heterocycles. The van der Waals surface area contributed by atoms with Crippen LogP contribution in [0.3, 0.4) is 0 Å². The zero-order valence-corrected chi connectivity index (χ0v) is 12.3. The van der Waals surface area contributed by atoms with Crippen LogP contribution in [0.25, 0.3) is 0 Å². The van der Waals surface area contributed by atoms with Gasteiger partial charge in [0.25, 0.3) is 10.0 Å². The molecule has 0 amide bonds. The Labute approximate surface area is 126 Å². The van der Waals surface area contributed by atoms with Crippen molar-refractivity contribution in [1.29, 1.82) is 0 Å². The molecule has 0 aromatic carbocycles. The molecule has 20 heavy (non-hydrogen) atoms. The van der Waals surface area contributed by atoms with Gasteiger partial charge < -0.3 is 5.73 Å². The second-order valence-corrected chi connectivity index (χ2v) is 6.21. The summed E-state index contributed by atoms with van der Waals surface area (Å²) < 4.78 is 26.8. The quantitative estimate of drug-likeness (QED) is 0.827. The predicted molar refractivity (Wildman–Crippen MR) is 80.2 cm³/mol. The summed E-state index contributed by atoms with van der Waals surface area (Å²) in [6.07, 6.45) is 2.74. The first-order valence-corrected chi connectivity index (χ1v) is 7.56. The van der Waals surface area contributed by atoms with Crippen LogP contribution in [-0.2, 0) is 10.0 Å². The zero-order valence-electron chi connectivity index (χ0n) is 9.95. The Kier molecular flexibility index (Phi) is 4.17. The minimum Gasteiger partial charge on any atom is -0.388 e. The Bertz CT molecular complexity index is 747. The predicted octanol–water partition coefficient (Wildman–Crippen LogP) is 1.56. The van der Waals surface area contributed by atoms with Crippen molar-refractivity contribution in [2.75, 3.05) is 4.72 Å². The van der Waals surface area contributed by atoms with Crippen LogP contribution >= 0.6 is 23.8 Å². The van der Waals surface area contributed by atoms with Gasteiger partial charge in [-0.1, -0.05) is 23.8 Å². The molecule has 2 aromatic rings. The monoisotopic (exact) mass is 328 g/mol. The van der Waals surface area contributed by atoms with E-state index >= 15 is 0 Å². The second kappa shape index (κ2) is 5.70. The van der Waals surface area contributed by atoms with Crippen molar-refractivity contribution in [3.8, 4) is 0 Å². The summed E-state index contributed by atoms with van der Waals surface area (Å²) in [7, 11) is -3.89. The van der Waals surface area contributed by atoms with Crippen LogP contribution in [0.1, 0.15) is 5.69 Å². The topological polar surface area (TPSA) is 98.0 Å². The van der Waals surface area contributed by atoms with E-state index in [1.54, 1.807) is 0 Å². The average molecular weight is 329 g/mol. The van der Waals surface area contributed by atoms with Crippen molar-refractivity contribution >= 4 is 44.6 Å². The van der Waals surface area contributed by atoms with Gasteiger partial charge in [-0.2, -0.15) is 0 Å². The van der Waals surface area contributed by atoms with Crippen LogP contribution in [0, 0.1) is 0 Å². The van der Waals surface area contributed by atoms with Gasteiger partial charge in [0.15, 0.2) is 0 Å². The smallest absolute Gasteiger partial charge is 0.265 e. The summed E-state index contributed by atoms with van der Waals surface area (Å²) in [5.41, 5.74) is 5.50. The van der Waals surface area contributed by atoms with E-state index in [4.69, 9.17) is 29.6 Å². The normalized spacial score (nSPS) is 11.1. The van der Waals surface area contributed by atoms with Crippen LogP contribution in [-0.4, -0.2) is 23.4 Å². The average Bonchev–Trinajstić information content (AvgIpc) is 2.41. The molecule has 0 saturated carbocycles. The number of aromatic nitrogens is 2. The fraction of sp³-hybridized carbons (Fsp3) is 0. The molecule has 0 unspecified atom stereocenters. The Morgan fingerprint density at radius 2 is 2.05 bits per heavy atom. The van der Waals surface area contributed by atoms with Crippen LogP contribution in [0.4, 0.5) is 5.82 Å². The van der Waals surface area contributed by atoms with E-state index in [2.05, 4.69) is 14.7 Å². The molecule has 0 spiro atoms. The van der Waals surface area contributed by atoms with Gasteiger partial charge in [0.2, 0.25) is 0 Å². The highest BCUT2D eigenvalue weighted by molar-refractivity contribution is 7.93. The molecule has 3 N–H and O–H groups in total. The van der Waals surface area contributed by atoms with Gasteiger partial charge in [-0.05, 0) is 24.3 Å². The molecule has 2 rings (SSSR count). The number of pyridine rings is 2. The number of hydrogen-bond acceptors (Lipinski definition) is 5. The van der Waals surface area contributed by atoms with E-state index in [1.807, 2.05) is 0 Å². The molecule has 2 heterocycles. The summed E-state index contributed by atoms with van der Waals surface area (Å²) in [6.45, 7) is 0. The second-order valence-electron chi connectivity index (χ2n) is 3.68. The Hall–Kier alpha value is -1.77. The molecule has 0 aliphatic carbocycles.